The van der Waals surface area contributed by atoms with E-state index in [1.807, 2.05) is 0 Å². The first kappa shape index (κ1) is 24.4. The standard InChI is InChI=1S/C21H24O12/c22-4-3-9-1-2-11(23)14(5-9)32-21-19(29)18(28)17(27)15(33-21)8-31-20(30)10-6-12(24)16(26)13(25)7-10/h1-2,5-7,15,17-19,21-29H,3-4,8H2/t15-,17-,18+,19-,21+/m1/s1. The lowest BCUT2D eigenvalue weighted by Gasteiger charge is -2.40. The molecular weight excluding hydrogens is 444 g/mol. The average Bonchev–Trinajstić information content (AvgIpc) is 2.78. The monoisotopic (exact) mass is 468 g/mol. The summed E-state index contributed by atoms with van der Waals surface area (Å²) in [6.07, 6.45) is -7.81. The van der Waals surface area contributed by atoms with Crippen molar-refractivity contribution in [3.05, 3.63) is 41.5 Å². The maximum Gasteiger partial charge on any atom is 0.338 e. The van der Waals surface area contributed by atoms with E-state index in [9.17, 15) is 40.5 Å². The molecule has 0 radical (unpaired) electrons. The summed E-state index contributed by atoms with van der Waals surface area (Å²) in [4.78, 5) is 12.2. The summed E-state index contributed by atoms with van der Waals surface area (Å²) >= 11 is 0. The van der Waals surface area contributed by atoms with Crippen LogP contribution in [-0.2, 0) is 15.9 Å². The fourth-order valence-corrected chi connectivity index (χ4v) is 3.18. The molecule has 1 aliphatic heterocycles. The molecule has 1 fully saturated rings. The van der Waals surface area contributed by atoms with Gasteiger partial charge in [0.2, 0.25) is 6.29 Å². The summed E-state index contributed by atoms with van der Waals surface area (Å²) in [6, 6.07) is 5.96. The average molecular weight is 468 g/mol. The van der Waals surface area contributed by atoms with Crippen molar-refractivity contribution in [3.8, 4) is 28.7 Å². The van der Waals surface area contributed by atoms with E-state index in [4.69, 9.17) is 19.3 Å². The summed E-state index contributed by atoms with van der Waals surface area (Å²) in [5.74, 6) is -3.80. The lowest BCUT2D eigenvalue weighted by molar-refractivity contribution is -0.277. The number of phenolic OH excluding ortho intramolecular Hbond substituents is 4. The minimum absolute atomic E-state index is 0.112. The third-order valence-corrected chi connectivity index (χ3v) is 5.02. The highest BCUT2D eigenvalue weighted by molar-refractivity contribution is 5.91. The van der Waals surface area contributed by atoms with Crippen LogP contribution in [0.25, 0.3) is 0 Å². The maximum atomic E-state index is 12.2. The molecule has 180 valence electrons. The largest absolute Gasteiger partial charge is 0.504 e. The van der Waals surface area contributed by atoms with Gasteiger partial charge < -0.3 is 55.1 Å². The Morgan fingerprint density at radius 1 is 0.909 bits per heavy atom. The van der Waals surface area contributed by atoms with Crippen LogP contribution in [0.3, 0.4) is 0 Å². The number of phenols is 4. The highest BCUT2D eigenvalue weighted by atomic mass is 16.7. The van der Waals surface area contributed by atoms with E-state index in [2.05, 4.69) is 0 Å². The minimum atomic E-state index is -1.75. The number of aliphatic hydroxyl groups excluding tert-OH is 4. The number of esters is 1. The van der Waals surface area contributed by atoms with Gasteiger partial charge in [-0.2, -0.15) is 0 Å². The van der Waals surface area contributed by atoms with Gasteiger partial charge in [0, 0.05) is 6.61 Å². The lowest BCUT2D eigenvalue weighted by atomic mass is 9.99. The summed E-state index contributed by atoms with van der Waals surface area (Å²) in [5, 5.41) is 78.0. The normalized spacial score (nSPS) is 24.9. The first-order valence-corrected chi connectivity index (χ1v) is 9.83. The number of hydrogen-bond donors (Lipinski definition) is 8. The molecule has 0 bridgehead atoms. The molecule has 2 aromatic carbocycles. The number of aliphatic hydroxyl groups is 4. The Balaban J connectivity index is 1.70. The van der Waals surface area contributed by atoms with Crippen LogP contribution in [-0.4, -0.2) is 90.7 Å². The summed E-state index contributed by atoms with van der Waals surface area (Å²) < 4.78 is 15.9. The molecule has 0 spiro atoms. The molecule has 0 saturated carbocycles. The van der Waals surface area contributed by atoms with Gasteiger partial charge in [-0.25, -0.2) is 4.79 Å². The molecule has 12 heteroatoms. The zero-order valence-corrected chi connectivity index (χ0v) is 17.1. The molecule has 8 N–H and O–H groups in total. The quantitative estimate of drug-likeness (QED) is 0.184. The topological polar surface area (TPSA) is 207 Å². The molecule has 0 amide bonds. The van der Waals surface area contributed by atoms with Crippen LogP contribution in [0.1, 0.15) is 15.9 Å². The molecule has 0 aromatic heterocycles. The van der Waals surface area contributed by atoms with Crippen LogP contribution in [0.4, 0.5) is 0 Å². The van der Waals surface area contributed by atoms with Crippen LogP contribution in [0, 0.1) is 0 Å². The number of aromatic hydroxyl groups is 4. The van der Waals surface area contributed by atoms with Gasteiger partial charge in [0.25, 0.3) is 0 Å². The van der Waals surface area contributed by atoms with E-state index in [1.165, 1.54) is 12.1 Å². The predicted molar refractivity (Wildman–Crippen MR) is 108 cm³/mol. The van der Waals surface area contributed by atoms with E-state index < -0.39 is 60.5 Å². The zero-order valence-electron chi connectivity index (χ0n) is 17.1. The Morgan fingerprint density at radius 2 is 1.58 bits per heavy atom. The van der Waals surface area contributed by atoms with E-state index in [1.54, 1.807) is 6.07 Å². The van der Waals surface area contributed by atoms with E-state index in [0.717, 1.165) is 12.1 Å². The van der Waals surface area contributed by atoms with Crippen molar-refractivity contribution >= 4 is 5.97 Å². The molecular formula is C21H24O12. The molecule has 0 unspecified atom stereocenters. The zero-order chi connectivity index (χ0) is 24.3. The molecule has 3 rings (SSSR count). The Labute approximate surface area is 187 Å². The van der Waals surface area contributed by atoms with Gasteiger partial charge >= 0.3 is 5.97 Å². The van der Waals surface area contributed by atoms with Crippen LogP contribution in [0.2, 0.25) is 0 Å². The van der Waals surface area contributed by atoms with Crippen molar-refractivity contribution in [1.29, 1.82) is 0 Å². The smallest absolute Gasteiger partial charge is 0.338 e. The molecule has 1 saturated heterocycles. The molecule has 5 atom stereocenters. The fraction of sp³-hybridized carbons (Fsp3) is 0.381. The van der Waals surface area contributed by atoms with Gasteiger partial charge in [0.1, 0.15) is 31.0 Å². The van der Waals surface area contributed by atoms with Gasteiger partial charge in [0.05, 0.1) is 5.56 Å². The van der Waals surface area contributed by atoms with Gasteiger partial charge in [0.15, 0.2) is 28.7 Å². The number of ether oxygens (including phenoxy) is 3. The number of rotatable bonds is 7. The molecule has 0 aliphatic carbocycles. The summed E-state index contributed by atoms with van der Waals surface area (Å²) in [7, 11) is 0. The van der Waals surface area contributed by atoms with E-state index >= 15 is 0 Å². The van der Waals surface area contributed by atoms with Gasteiger partial charge in [-0.05, 0) is 36.2 Å². The Kier molecular flexibility index (Phi) is 7.46. The third kappa shape index (κ3) is 5.38. The SMILES string of the molecule is O=C(OC[C@H]1O[C@H](Oc2cc(CCO)ccc2O)[C@H](O)[C@@H](O)[C@@H]1O)c1cc(O)c(O)c(O)c1. The Hall–Kier alpha value is -3.29. The molecule has 33 heavy (non-hydrogen) atoms. The molecule has 1 aliphatic rings. The lowest BCUT2D eigenvalue weighted by Crippen LogP contribution is -2.60. The first-order chi connectivity index (χ1) is 15.6. The van der Waals surface area contributed by atoms with Gasteiger partial charge in [-0.3, -0.25) is 0 Å². The van der Waals surface area contributed by atoms with Crippen molar-refractivity contribution in [2.45, 2.75) is 37.1 Å². The first-order valence-electron chi connectivity index (χ1n) is 9.83. The summed E-state index contributed by atoms with van der Waals surface area (Å²) in [6.45, 7) is -0.774. The maximum absolute atomic E-state index is 12.2. The van der Waals surface area contributed by atoms with E-state index in [0.29, 0.717) is 5.56 Å². The predicted octanol–water partition coefficient (Wildman–Crippen LogP) is -0.913. The minimum Gasteiger partial charge on any atom is -0.504 e. The molecule has 2 aromatic rings. The highest BCUT2D eigenvalue weighted by Crippen LogP contribution is 2.36. The second kappa shape index (κ2) is 10.1. The van der Waals surface area contributed by atoms with Crippen LogP contribution in [0.15, 0.2) is 30.3 Å². The van der Waals surface area contributed by atoms with Gasteiger partial charge in [-0.15, -0.1) is 0 Å². The van der Waals surface area contributed by atoms with Crippen LogP contribution < -0.4 is 4.74 Å². The number of carbonyl (C=O) groups is 1. The fourth-order valence-electron chi connectivity index (χ4n) is 3.18. The van der Waals surface area contributed by atoms with Crippen LogP contribution >= 0.6 is 0 Å². The van der Waals surface area contributed by atoms with Crippen molar-refractivity contribution < 1.29 is 59.9 Å². The Bertz CT molecular complexity index is 970. The van der Waals surface area contributed by atoms with Crippen molar-refractivity contribution in [2.24, 2.45) is 0 Å². The van der Waals surface area contributed by atoms with Gasteiger partial charge in [-0.1, -0.05) is 6.07 Å². The third-order valence-electron chi connectivity index (χ3n) is 5.02. The highest BCUT2D eigenvalue weighted by Gasteiger charge is 2.45. The number of hydrogen-bond acceptors (Lipinski definition) is 12. The second-order valence-corrected chi connectivity index (χ2v) is 7.37. The van der Waals surface area contributed by atoms with Crippen molar-refractivity contribution in [2.75, 3.05) is 13.2 Å². The van der Waals surface area contributed by atoms with Crippen molar-refractivity contribution in [3.63, 3.8) is 0 Å². The summed E-state index contributed by atoms with van der Waals surface area (Å²) in [5.41, 5.74) is 0.300. The van der Waals surface area contributed by atoms with E-state index in [-0.39, 0.29) is 30.1 Å². The van der Waals surface area contributed by atoms with Crippen LogP contribution in [0.5, 0.6) is 28.7 Å². The number of carbonyl (C=O) groups excluding carboxylic acids is 1. The number of benzene rings is 2. The Morgan fingerprint density at radius 3 is 2.21 bits per heavy atom. The molecule has 1 heterocycles. The molecule has 12 nitrogen and oxygen atoms in total. The van der Waals surface area contributed by atoms with Crippen molar-refractivity contribution in [1.82, 2.24) is 0 Å². The second-order valence-electron chi connectivity index (χ2n) is 7.37.